The third-order valence-corrected chi connectivity index (χ3v) is 4.59. The standard InChI is InChI=1S/C22H22BrN3O5/c1-22(2,3)21-25-19(31-26-21)13-30-20(28)16-6-4-5-7-17(16)29-12-18(27)24-15-10-8-14(23)9-11-15/h4-11H,12-13H2,1-3H3,(H,24,27). The molecule has 9 heteroatoms. The van der Waals surface area contributed by atoms with Crippen molar-refractivity contribution >= 4 is 33.5 Å². The number of rotatable bonds is 7. The first kappa shape index (κ1) is 22.5. The monoisotopic (exact) mass is 487 g/mol. The Hall–Kier alpha value is -3.20. The highest BCUT2D eigenvalue weighted by Gasteiger charge is 2.22. The van der Waals surface area contributed by atoms with Gasteiger partial charge in [-0.2, -0.15) is 4.98 Å². The van der Waals surface area contributed by atoms with Crippen molar-refractivity contribution in [1.29, 1.82) is 0 Å². The minimum Gasteiger partial charge on any atom is -0.483 e. The molecule has 0 atom stereocenters. The molecule has 2 aromatic carbocycles. The number of aromatic nitrogens is 2. The van der Waals surface area contributed by atoms with Gasteiger partial charge in [0.15, 0.2) is 19.0 Å². The molecule has 1 N–H and O–H groups in total. The van der Waals surface area contributed by atoms with Crippen LogP contribution in [0, 0.1) is 0 Å². The zero-order valence-electron chi connectivity index (χ0n) is 17.3. The average Bonchev–Trinajstić information content (AvgIpc) is 3.22. The zero-order valence-corrected chi connectivity index (χ0v) is 18.9. The van der Waals surface area contributed by atoms with Crippen LogP contribution in [0.5, 0.6) is 5.75 Å². The maximum atomic E-state index is 12.5. The molecule has 1 heterocycles. The van der Waals surface area contributed by atoms with E-state index in [2.05, 4.69) is 31.4 Å². The third kappa shape index (κ3) is 6.39. The topological polar surface area (TPSA) is 104 Å². The fourth-order valence-corrected chi connectivity index (χ4v) is 2.72. The molecule has 0 aliphatic heterocycles. The van der Waals surface area contributed by atoms with E-state index in [-0.39, 0.29) is 41.7 Å². The van der Waals surface area contributed by atoms with Gasteiger partial charge in [-0.25, -0.2) is 4.79 Å². The van der Waals surface area contributed by atoms with E-state index in [1.165, 1.54) is 0 Å². The highest BCUT2D eigenvalue weighted by Crippen LogP contribution is 2.21. The van der Waals surface area contributed by atoms with Crippen LogP contribution in [-0.4, -0.2) is 28.6 Å². The molecule has 1 aromatic heterocycles. The Labute approximate surface area is 188 Å². The van der Waals surface area contributed by atoms with Gasteiger partial charge < -0.3 is 19.3 Å². The summed E-state index contributed by atoms with van der Waals surface area (Å²) in [7, 11) is 0. The third-order valence-electron chi connectivity index (χ3n) is 4.06. The van der Waals surface area contributed by atoms with Gasteiger partial charge in [0.05, 0.1) is 0 Å². The number of amides is 1. The summed E-state index contributed by atoms with van der Waals surface area (Å²) in [6.07, 6.45) is 0. The van der Waals surface area contributed by atoms with E-state index in [9.17, 15) is 9.59 Å². The number of anilines is 1. The maximum Gasteiger partial charge on any atom is 0.342 e. The lowest BCUT2D eigenvalue weighted by molar-refractivity contribution is -0.118. The number of esters is 1. The summed E-state index contributed by atoms with van der Waals surface area (Å²) >= 11 is 3.34. The molecule has 0 fully saturated rings. The number of halogens is 1. The minimum absolute atomic E-state index is 0.166. The molecule has 0 bridgehead atoms. The number of carbonyl (C=O) groups excluding carboxylic acids is 2. The number of benzene rings is 2. The number of hydrogen-bond donors (Lipinski definition) is 1. The van der Waals surface area contributed by atoms with Crippen molar-refractivity contribution in [3.05, 3.63) is 70.3 Å². The lowest BCUT2D eigenvalue weighted by atomic mass is 9.96. The van der Waals surface area contributed by atoms with Crippen LogP contribution >= 0.6 is 15.9 Å². The number of nitrogens with one attached hydrogen (secondary N) is 1. The van der Waals surface area contributed by atoms with E-state index in [0.29, 0.717) is 11.5 Å². The first-order valence-electron chi connectivity index (χ1n) is 9.50. The quantitative estimate of drug-likeness (QED) is 0.489. The smallest absolute Gasteiger partial charge is 0.342 e. The number of carbonyl (C=O) groups is 2. The van der Waals surface area contributed by atoms with Crippen LogP contribution in [0.2, 0.25) is 0 Å². The van der Waals surface area contributed by atoms with Crippen molar-refractivity contribution in [3.8, 4) is 5.75 Å². The van der Waals surface area contributed by atoms with E-state index in [1.54, 1.807) is 36.4 Å². The highest BCUT2D eigenvalue weighted by atomic mass is 79.9. The lowest BCUT2D eigenvalue weighted by Gasteiger charge is -2.11. The second-order valence-electron chi connectivity index (χ2n) is 7.68. The van der Waals surface area contributed by atoms with Crippen molar-refractivity contribution in [2.45, 2.75) is 32.8 Å². The van der Waals surface area contributed by atoms with Gasteiger partial charge in [0, 0.05) is 15.6 Å². The van der Waals surface area contributed by atoms with Gasteiger partial charge >= 0.3 is 5.97 Å². The van der Waals surface area contributed by atoms with Gasteiger partial charge in [0.2, 0.25) is 0 Å². The lowest BCUT2D eigenvalue weighted by Crippen LogP contribution is -2.21. The van der Waals surface area contributed by atoms with Crippen molar-refractivity contribution in [2.24, 2.45) is 0 Å². The van der Waals surface area contributed by atoms with Gasteiger partial charge in [-0.3, -0.25) is 4.79 Å². The highest BCUT2D eigenvalue weighted by molar-refractivity contribution is 9.10. The Bertz CT molecular complexity index is 1060. The predicted octanol–water partition coefficient (Wildman–Crippen LogP) is 4.50. The van der Waals surface area contributed by atoms with Gasteiger partial charge in [0.25, 0.3) is 11.8 Å². The summed E-state index contributed by atoms with van der Waals surface area (Å²) in [5.41, 5.74) is 0.552. The first-order chi connectivity index (χ1) is 14.7. The molecular formula is C22H22BrN3O5. The van der Waals surface area contributed by atoms with E-state index in [4.69, 9.17) is 14.0 Å². The van der Waals surface area contributed by atoms with E-state index in [0.717, 1.165) is 4.47 Å². The van der Waals surface area contributed by atoms with Crippen LogP contribution in [-0.2, 0) is 21.6 Å². The van der Waals surface area contributed by atoms with Gasteiger partial charge in [-0.15, -0.1) is 0 Å². The Morgan fingerprint density at radius 3 is 2.48 bits per heavy atom. The molecule has 162 valence electrons. The molecule has 1 amide bonds. The predicted molar refractivity (Wildman–Crippen MR) is 117 cm³/mol. The molecule has 0 unspecified atom stereocenters. The maximum absolute atomic E-state index is 12.5. The Morgan fingerprint density at radius 2 is 1.81 bits per heavy atom. The van der Waals surface area contributed by atoms with Crippen LogP contribution in [0.25, 0.3) is 0 Å². The molecule has 0 saturated heterocycles. The summed E-state index contributed by atoms with van der Waals surface area (Å²) in [4.78, 5) is 28.9. The largest absolute Gasteiger partial charge is 0.483 e. The Balaban J connectivity index is 1.57. The zero-order chi connectivity index (χ0) is 22.4. The molecule has 0 aliphatic carbocycles. The second-order valence-corrected chi connectivity index (χ2v) is 8.59. The van der Waals surface area contributed by atoms with Crippen molar-refractivity contribution in [3.63, 3.8) is 0 Å². The molecule has 0 radical (unpaired) electrons. The van der Waals surface area contributed by atoms with Crippen LogP contribution < -0.4 is 10.1 Å². The Morgan fingerprint density at radius 1 is 1.10 bits per heavy atom. The molecular weight excluding hydrogens is 466 g/mol. The molecule has 0 aliphatic rings. The van der Waals surface area contributed by atoms with Crippen molar-refractivity contribution in [2.75, 3.05) is 11.9 Å². The van der Waals surface area contributed by atoms with E-state index >= 15 is 0 Å². The van der Waals surface area contributed by atoms with Crippen LogP contribution in [0.4, 0.5) is 5.69 Å². The van der Waals surface area contributed by atoms with Gasteiger partial charge in [0.1, 0.15) is 11.3 Å². The summed E-state index contributed by atoms with van der Waals surface area (Å²) in [5, 5.41) is 6.62. The van der Waals surface area contributed by atoms with Crippen LogP contribution in [0.3, 0.4) is 0 Å². The molecule has 0 saturated carbocycles. The van der Waals surface area contributed by atoms with Gasteiger partial charge in [-0.05, 0) is 36.4 Å². The minimum atomic E-state index is -0.626. The summed E-state index contributed by atoms with van der Waals surface area (Å²) in [6.45, 7) is 5.43. The van der Waals surface area contributed by atoms with Gasteiger partial charge in [-0.1, -0.05) is 54.0 Å². The molecule has 0 spiro atoms. The number of para-hydroxylation sites is 1. The van der Waals surface area contributed by atoms with Crippen LogP contribution in [0.1, 0.15) is 42.8 Å². The van der Waals surface area contributed by atoms with Crippen LogP contribution in [0.15, 0.2) is 57.5 Å². The second kappa shape index (κ2) is 9.74. The fraction of sp³-hybridized carbons (Fsp3) is 0.273. The molecule has 3 aromatic rings. The SMILES string of the molecule is CC(C)(C)c1noc(COC(=O)c2ccccc2OCC(=O)Nc2ccc(Br)cc2)n1. The number of ether oxygens (including phenoxy) is 2. The number of hydrogen-bond acceptors (Lipinski definition) is 7. The normalized spacial score (nSPS) is 11.1. The number of nitrogens with zero attached hydrogens (tertiary/aromatic N) is 2. The first-order valence-corrected chi connectivity index (χ1v) is 10.3. The molecule has 31 heavy (non-hydrogen) atoms. The van der Waals surface area contributed by atoms with E-state index < -0.39 is 5.97 Å². The van der Waals surface area contributed by atoms with Crippen molar-refractivity contribution in [1.82, 2.24) is 10.1 Å². The summed E-state index contributed by atoms with van der Waals surface area (Å²) in [5.74, 6) is -0.0190. The molecule has 3 rings (SSSR count). The summed E-state index contributed by atoms with van der Waals surface area (Å²) in [6, 6.07) is 13.7. The average molecular weight is 488 g/mol. The summed E-state index contributed by atoms with van der Waals surface area (Å²) < 4.78 is 16.8. The van der Waals surface area contributed by atoms with E-state index in [1.807, 2.05) is 32.9 Å². The fourth-order valence-electron chi connectivity index (χ4n) is 2.46. The molecule has 8 nitrogen and oxygen atoms in total. The van der Waals surface area contributed by atoms with Crippen molar-refractivity contribution < 1.29 is 23.6 Å². The Kier molecular flexibility index (Phi) is 7.06.